The molecule has 0 unspecified atom stereocenters. The first kappa shape index (κ1) is 12.3. The van der Waals surface area contributed by atoms with Gasteiger partial charge in [-0.2, -0.15) is 0 Å². The normalized spacial score (nSPS) is 11.9. The van der Waals surface area contributed by atoms with E-state index >= 15 is 0 Å². The zero-order valence-corrected chi connectivity index (χ0v) is 10.4. The van der Waals surface area contributed by atoms with Crippen LogP contribution in [0.5, 0.6) is 0 Å². The smallest absolute Gasteiger partial charge is 0.231 e. The van der Waals surface area contributed by atoms with Gasteiger partial charge < -0.3 is 0 Å². The zero-order valence-electron chi connectivity index (χ0n) is 9.67. The Morgan fingerprint density at radius 1 is 1.33 bits per heavy atom. The van der Waals surface area contributed by atoms with Gasteiger partial charge in [0, 0.05) is 0 Å². The lowest BCUT2D eigenvalue weighted by Crippen LogP contribution is -2.24. The van der Waals surface area contributed by atoms with E-state index in [1.54, 1.807) is 0 Å². The second kappa shape index (κ2) is 4.36. The van der Waals surface area contributed by atoms with Gasteiger partial charge >= 0.3 is 0 Å². The quantitative estimate of drug-likeness (QED) is 0.713. The number of hydrogen-bond acceptors (Lipinski definition) is 1. The summed E-state index contributed by atoms with van der Waals surface area (Å²) in [5, 5.41) is -0.316. The Bertz CT molecular complexity index is 367. The van der Waals surface area contributed by atoms with Gasteiger partial charge in [0.2, 0.25) is 5.24 Å². The number of benzene rings is 1. The van der Waals surface area contributed by atoms with Crippen molar-refractivity contribution in [3.63, 3.8) is 0 Å². The highest BCUT2D eigenvalue weighted by Crippen LogP contribution is 2.28. The topological polar surface area (TPSA) is 17.1 Å². The van der Waals surface area contributed by atoms with Gasteiger partial charge in [0.05, 0.1) is 5.41 Å². The largest absolute Gasteiger partial charge is 0.280 e. The SMILES string of the molecule is CC(C)c1cccc(C(C)(C)C(=O)Cl)c1. The van der Waals surface area contributed by atoms with E-state index in [2.05, 4.69) is 26.0 Å². The van der Waals surface area contributed by atoms with E-state index in [9.17, 15) is 4.79 Å². The van der Waals surface area contributed by atoms with Crippen LogP contribution >= 0.6 is 11.6 Å². The predicted octanol–water partition coefficient (Wildman–Crippen LogP) is 3.85. The molecule has 0 aliphatic rings. The van der Waals surface area contributed by atoms with Crippen molar-refractivity contribution < 1.29 is 4.79 Å². The number of rotatable bonds is 3. The summed E-state index contributed by atoms with van der Waals surface area (Å²) >= 11 is 5.60. The van der Waals surface area contributed by atoms with Gasteiger partial charge in [0.25, 0.3) is 0 Å². The maximum absolute atomic E-state index is 11.3. The fourth-order valence-electron chi connectivity index (χ4n) is 1.40. The fraction of sp³-hybridized carbons (Fsp3) is 0.462. The molecule has 15 heavy (non-hydrogen) atoms. The van der Waals surface area contributed by atoms with E-state index < -0.39 is 5.41 Å². The molecule has 0 N–H and O–H groups in total. The molecule has 0 atom stereocenters. The Labute approximate surface area is 96.5 Å². The van der Waals surface area contributed by atoms with Crippen LogP contribution in [0.1, 0.15) is 44.7 Å². The highest BCUT2D eigenvalue weighted by Gasteiger charge is 2.28. The fourth-order valence-corrected chi connectivity index (χ4v) is 1.51. The van der Waals surface area contributed by atoms with E-state index in [4.69, 9.17) is 11.6 Å². The van der Waals surface area contributed by atoms with E-state index in [0.29, 0.717) is 5.92 Å². The van der Waals surface area contributed by atoms with E-state index in [1.165, 1.54) is 5.56 Å². The van der Waals surface area contributed by atoms with Gasteiger partial charge in [0.1, 0.15) is 0 Å². The summed E-state index contributed by atoms with van der Waals surface area (Å²) in [6, 6.07) is 8.06. The third kappa shape index (κ3) is 2.60. The lowest BCUT2D eigenvalue weighted by Gasteiger charge is -2.21. The van der Waals surface area contributed by atoms with Crippen LogP contribution in [0.25, 0.3) is 0 Å². The Morgan fingerprint density at radius 3 is 2.40 bits per heavy atom. The van der Waals surface area contributed by atoms with E-state index in [-0.39, 0.29) is 5.24 Å². The lowest BCUT2D eigenvalue weighted by atomic mass is 9.84. The van der Waals surface area contributed by atoms with Crippen molar-refractivity contribution in [2.45, 2.75) is 39.0 Å². The minimum absolute atomic E-state index is 0.316. The molecule has 82 valence electrons. The number of hydrogen-bond donors (Lipinski definition) is 0. The van der Waals surface area contributed by atoms with Gasteiger partial charge in [0.15, 0.2) is 0 Å². The first-order valence-corrected chi connectivity index (χ1v) is 5.54. The average Bonchev–Trinajstić information content (AvgIpc) is 2.17. The molecular weight excluding hydrogens is 208 g/mol. The van der Waals surface area contributed by atoms with Crippen molar-refractivity contribution in [1.82, 2.24) is 0 Å². The molecule has 0 radical (unpaired) electrons. The van der Waals surface area contributed by atoms with Gasteiger partial charge in [-0.05, 0) is 42.5 Å². The molecule has 0 fully saturated rings. The lowest BCUT2D eigenvalue weighted by molar-refractivity contribution is -0.115. The van der Waals surface area contributed by atoms with Crippen LogP contribution in [0.2, 0.25) is 0 Å². The molecule has 0 heterocycles. The van der Waals surface area contributed by atoms with Crippen LogP contribution in [-0.2, 0) is 10.2 Å². The van der Waals surface area contributed by atoms with E-state index in [1.807, 2.05) is 26.0 Å². The molecule has 1 aromatic carbocycles. The van der Waals surface area contributed by atoms with Crippen molar-refractivity contribution in [3.8, 4) is 0 Å². The van der Waals surface area contributed by atoms with E-state index in [0.717, 1.165) is 5.56 Å². The first-order valence-electron chi connectivity index (χ1n) is 5.16. The first-order chi connectivity index (χ1) is 6.85. The average molecular weight is 225 g/mol. The Balaban J connectivity index is 3.16. The highest BCUT2D eigenvalue weighted by molar-refractivity contribution is 6.65. The van der Waals surface area contributed by atoms with Crippen LogP contribution in [-0.4, -0.2) is 5.24 Å². The summed E-state index contributed by atoms with van der Waals surface area (Å²) in [5.74, 6) is 0.464. The molecule has 1 rings (SSSR count). The molecule has 0 amide bonds. The molecule has 0 spiro atoms. The third-order valence-electron chi connectivity index (χ3n) is 2.77. The second-order valence-corrected chi connectivity index (χ2v) is 5.02. The van der Waals surface area contributed by atoms with Gasteiger partial charge in [-0.3, -0.25) is 4.79 Å². The van der Waals surface area contributed by atoms with Crippen LogP contribution in [0.3, 0.4) is 0 Å². The predicted molar refractivity (Wildman–Crippen MR) is 64.4 cm³/mol. The molecule has 1 aromatic rings. The second-order valence-electron chi connectivity index (χ2n) is 4.68. The molecule has 0 saturated carbocycles. The third-order valence-corrected chi connectivity index (χ3v) is 3.24. The molecule has 0 bridgehead atoms. The maximum Gasteiger partial charge on any atom is 0.231 e. The van der Waals surface area contributed by atoms with Crippen molar-refractivity contribution in [2.24, 2.45) is 0 Å². The number of carbonyl (C=O) groups excluding carboxylic acids is 1. The summed E-state index contributed by atoms with van der Waals surface area (Å²) in [4.78, 5) is 11.3. The van der Waals surface area contributed by atoms with Crippen LogP contribution in [0.4, 0.5) is 0 Å². The molecule has 0 aromatic heterocycles. The van der Waals surface area contributed by atoms with Crippen molar-refractivity contribution >= 4 is 16.8 Å². The van der Waals surface area contributed by atoms with Gasteiger partial charge in [-0.1, -0.05) is 38.1 Å². The Morgan fingerprint density at radius 2 is 1.93 bits per heavy atom. The summed E-state index contributed by atoms with van der Waals surface area (Å²) < 4.78 is 0. The molecule has 2 heteroatoms. The minimum atomic E-state index is -0.605. The highest BCUT2D eigenvalue weighted by atomic mass is 35.5. The molecular formula is C13H17ClO. The van der Waals surface area contributed by atoms with Crippen LogP contribution in [0.15, 0.2) is 24.3 Å². The van der Waals surface area contributed by atoms with Crippen LogP contribution < -0.4 is 0 Å². The Kier molecular flexibility index (Phi) is 3.56. The van der Waals surface area contributed by atoms with Crippen LogP contribution in [0, 0.1) is 0 Å². The van der Waals surface area contributed by atoms with Crippen molar-refractivity contribution in [3.05, 3.63) is 35.4 Å². The maximum atomic E-state index is 11.3. The van der Waals surface area contributed by atoms with Crippen molar-refractivity contribution in [2.75, 3.05) is 0 Å². The zero-order chi connectivity index (χ0) is 11.6. The molecule has 1 nitrogen and oxygen atoms in total. The van der Waals surface area contributed by atoms with Gasteiger partial charge in [-0.15, -0.1) is 0 Å². The van der Waals surface area contributed by atoms with Gasteiger partial charge in [-0.25, -0.2) is 0 Å². The van der Waals surface area contributed by atoms with Crippen molar-refractivity contribution in [1.29, 1.82) is 0 Å². The monoisotopic (exact) mass is 224 g/mol. The number of halogens is 1. The standard InChI is InChI=1S/C13H17ClO/c1-9(2)10-6-5-7-11(8-10)13(3,4)12(14)15/h5-9H,1-4H3. The molecule has 0 aliphatic carbocycles. The Hall–Kier alpha value is -0.820. The number of carbonyl (C=O) groups is 1. The molecule has 0 aliphatic heterocycles. The summed E-state index contributed by atoms with van der Waals surface area (Å²) in [6.45, 7) is 7.97. The summed E-state index contributed by atoms with van der Waals surface area (Å²) in [5.41, 5.74) is 1.61. The minimum Gasteiger partial charge on any atom is -0.280 e. The summed E-state index contributed by atoms with van der Waals surface area (Å²) in [7, 11) is 0. The molecule has 0 saturated heterocycles. The summed E-state index contributed by atoms with van der Waals surface area (Å²) in [6.07, 6.45) is 0.